The maximum absolute atomic E-state index is 11.9. The Morgan fingerprint density at radius 2 is 2.05 bits per heavy atom. The molecule has 7 heteroatoms. The van der Waals surface area contributed by atoms with Gasteiger partial charge in [0.25, 0.3) is 0 Å². The van der Waals surface area contributed by atoms with E-state index in [1.165, 1.54) is 12.8 Å². The van der Waals surface area contributed by atoms with Crippen LogP contribution in [0.4, 0.5) is 0 Å². The molecule has 2 rings (SSSR count). The van der Waals surface area contributed by atoms with Gasteiger partial charge in [-0.05, 0) is 57.5 Å². The number of hydrogen-bond acceptors (Lipinski definition) is 4. The van der Waals surface area contributed by atoms with Gasteiger partial charge in [-0.1, -0.05) is 0 Å². The van der Waals surface area contributed by atoms with E-state index in [2.05, 4.69) is 10.0 Å². The normalized spacial score (nSPS) is 27.8. The van der Waals surface area contributed by atoms with E-state index in [0.29, 0.717) is 19.1 Å². The molecule has 0 aliphatic carbocycles. The summed E-state index contributed by atoms with van der Waals surface area (Å²) in [6.07, 6.45) is 6.23. The molecule has 2 heterocycles. The molecule has 2 unspecified atom stereocenters. The molecule has 20 heavy (non-hydrogen) atoms. The molecule has 2 atom stereocenters. The Kier molecular flexibility index (Phi) is 8.36. The molecule has 0 bridgehead atoms. The summed E-state index contributed by atoms with van der Waals surface area (Å²) in [4.78, 5) is 0. The van der Waals surface area contributed by atoms with Gasteiger partial charge in [0.15, 0.2) is 0 Å². The second-order valence-corrected chi connectivity index (χ2v) is 7.52. The van der Waals surface area contributed by atoms with Gasteiger partial charge < -0.3 is 10.1 Å². The summed E-state index contributed by atoms with van der Waals surface area (Å²) in [7, 11) is -3.18. The Labute approximate surface area is 128 Å². The minimum absolute atomic E-state index is 0. The molecule has 0 aromatic heterocycles. The molecule has 5 nitrogen and oxygen atoms in total. The molecule has 2 saturated heterocycles. The lowest BCUT2D eigenvalue weighted by Gasteiger charge is -2.24. The first-order valence-electron chi connectivity index (χ1n) is 7.45. The van der Waals surface area contributed by atoms with E-state index in [0.717, 1.165) is 38.8 Å². The molecule has 120 valence electrons. The standard InChI is InChI=1S/C13H26N2O3S.ClH/c16-19(17,11-13-5-1-2-9-18-13)15-8-6-12-4-3-7-14-10-12;/h12-15H,1-11H2;1H. The first-order chi connectivity index (χ1) is 9.16. The highest BCUT2D eigenvalue weighted by Crippen LogP contribution is 2.15. The number of sulfonamides is 1. The highest BCUT2D eigenvalue weighted by molar-refractivity contribution is 7.89. The summed E-state index contributed by atoms with van der Waals surface area (Å²) in [5.41, 5.74) is 0. The zero-order valence-corrected chi connectivity index (χ0v) is 13.6. The van der Waals surface area contributed by atoms with Gasteiger partial charge in [0.2, 0.25) is 10.0 Å². The van der Waals surface area contributed by atoms with E-state index >= 15 is 0 Å². The van der Waals surface area contributed by atoms with Crippen molar-refractivity contribution < 1.29 is 13.2 Å². The molecule has 0 amide bonds. The van der Waals surface area contributed by atoms with Crippen molar-refractivity contribution in [1.82, 2.24) is 10.0 Å². The fourth-order valence-corrected chi connectivity index (χ4v) is 4.13. The summed E-state index contributed by atoms with van der Waals surface area (Å²) < 4.78 is 32.1. The Balaban J connectivity index is 0.00000200. The van der Waals surface area contributed by atoms with E-state index in [9.17, 15) is 8.42 Å². The van der Waals surface area contributed by atoms with Gasteiger partial charge in [-0.2, -0.15) is 0 Å². The Hall–Kier alpha value is 0.120. The third-order valence-electron chi connectivity index (χ3n) is 3.95. The van der Waals surface area contributed by atoms with Crippen molar-refractivity contribution in [2.24, 2.45) is 5.92 Å². The second kappa shape index (κ2) is 9.20. The monoisotopic (exact) mass is 326 g/mol. The van der Waals surface area contributed by atoms with Crippen molar-refractivity contribution in [3.05, 3.63) is 0 Å². The number of hydrogen-bond donors (Lipinski definition) is 2. The fourth-order valence-electron chi connectivity index (χ4n) is 2.83. The minimum atomic E-state index is -3.18. The van der Waals surface area contributed by atoms with Crippen molar-refractivity contribution in [1.29, 1.82) is 0 Å². The topological polar surface area (TPSA) is 67.4 Å². The summed E-state index contributed by atoms with van der Waals surface area (Å²) in [5.74, 6) is 0.734. The predicted octanol–water partition coefficient (Wildman–Crippen LogP) is 1.29. The van der Waals surface area contributed by atoms with Crippen LogP contribution in [-0.2, 0) is 14.8 Å². The van der Waals surface area contributed by atoms with E-state index in [-0.39, 0.29) is 24.3 Å². The van der Waals surface area contributed by atoms with E-state index < -0.39 is 10.0 Å². The molecule has 2 fully saturated rings. The minimum Gasteiger partial charge on any atom is -0.377 e. The Bertz CT molecular complexity index is 353. The van der Waals surface area contributed by atoms with Crippen LogP contribution < -0.4 is 10.0 Å². The molecule has 0 saturated carbocycles. The van der Waals surface area contributed by atoms with Crippen LogP contribution >= 0.6 is 12.4 Å². The van der Waals surface area contributed by atoms with Crippen LogP contribution in [0.15, 0.2) is 0 Å². The van der Waals surface area contributed by atoms with Crippen molar-refractivity contribution >= 4 is 22.4 Å². The third-order valence-corrected chi connectivity index (χ3v) is 5.41. The van der Waals surface area contributed by atoms with Crippen molar-refractivity contribution in [3.63, 3.8) is 0 Å². The molecular weight excluding hydrogens is 300 g/mol. The van der Waals surface area contributed by atoms with E-state index in [1.54, 1.807) is 0 Å². The summed E-state index contributed by atoms with van der Waals surface area (Å²) in [6, 6.07) is 0. The molecule has 0 spiro atoms. The van der Waals surface area contributed by atoms with Gasteiger partial charge in [-0.25, -0.2) is 13.1 Å². The van der Waals surface area contributed by atoms with Crippen LogP contribution in [0, 0.1) is 5.92 Å². The number of halogens is 1. The van der Waals surface area contributed by atoms with Crippen LogP contribution in [0.3, 0.4) is 0 Å². The highest BCUT2D eigenvalue weighted by atomic mass is 35.5. The summed E-state index contributed by atoms with van der Waals surface area (Å²) in [6.45, 7) is 3.38. The van der Waals surface area contributed by atoms with Crippen LogP contribution in [0.5, 0.6) is 0 Å². The second-order valence-electron chi connectivity index (χ2n) is 5.67. The van der Waals surface area contributed by atoms with Gasteiger partial charge in [0.1, 0.15) is 0 Å². The largest absolute Gasteiger partial charge is 0.377 e. The first-order valence-corrected chi connectivity index (χ1v) is 9.10. The number of piperidine rings is 1. The average molecular weight is 327 g/mol. The van der Waals surface area contributed by atoms with Gasteiger partial charge in [0.05, 0.1) is 11.9 Å². The molecule has 0 radical (unpaired) electrons. The maximum atomic E-state index is 11.9. The summed E-state index contributed by atoms with van der Waals surface area (Å²) >= 11 is 0. The number of rotatable bonds is 6. The molecular formula is C13H27ClN2O3S. The van der Waals surface area contributed by atoms with Gasteiger partial charge >= 0.3 is 0 Å². The smallest absolute Gasteiger partial charge is 0.214 e. The van der Waals surface area contributed by atoms with Crippen molar-refractivity contribution in [2.45, 2.75) is 44.6 Å². The van der Waals surface area contributed by atoms with Crippen molar-refractivity contribution in [3.8, 4) is 0 Å². The molecule has 2 N–H and O–H groups in total. The van der Waals surface area contributed by atoms with Crippen LogP contribution in [0.1, 0.15) is 38.5 Å². The first kappa shape index (κ1) is 18.2. The van der Waals surface area contributed by atoms with Gasteiger partial charge in [-0.15, -0.1) is 12.4 Å². The van der Waals surface area contributed by atoms with Crippen molar-refractivity contribution in [2.75, 3.05) is 32.0 Å². The van der Waals surface area contributed by atoms with Crippen LogP contribution in [-0.4, -0.2) is 46.5 Å². The van der Waals surface area contributed by atoms with Gasteiger partial charge in [-0.3, -0.25) is 0 Å². The van der Waals surface area contributed by atoms with E-state index in [1.807, 2.05) is 0 Å². The Morgan fingerprint density at radius 3 is 2.70 bits per heavy atom. The lowest BCUT2D eigenvalue weighted by molar-refractivity contribution is 0.0304. The zero-order valence-electron chi connectivity index (χ0n) is 12.0. The van der Waals surface area contributed by atoms with E-state index in [4.69, 9.17) is 4.74 Å². The quantitative estimate of drug-likeness (QED) is 0.772. The average Bonchev–Trinajstić information content (AvgIpc) is 2.40. The molecule has 2 aliphatic heterocycles. The lowest BCUT2D eigenvalue weighted by Crippen LogP contribution is -2.37. The zero-order chi connectivity index (χ0) is 13.6. The van der Waals surface area contributed by atoms with Gasteiger partial charge in [0, 0.05) is 13.2 Å². The third kappa shape index (κ3) is 6.72. The van der Waals surface area contributed by atoms with Crippen LogP contribution in [0.2, 0.25) is 0 Å². The molecule has 0 aromatic rings. The number of ether oxygens (including phenoxy) is 1. The molecule has 0 aromatic carbocycles. The SMILES string of the molecule is Cl.O=S(=O)(CC1CCCCO1)NCCC1CCCNC1. The van der Waals surface area contributed by atoms with Crippen LogP contribution in [0.25, 0.3) is 0 Å². The number of nitrogens with one attached hydrogen (secondary N) is 2. The lowest BCUT2D eigenvalue weighted by atomic mass is 9.96. The predicted molar refractivity (Wildman–Crippen MR) is 82.8 cm³/mol. The highest BCUT2D eigenvalue weighted by Gasteiger charge is 2.22. The maximum Gasteiger partial charge on any atom is 0.214 e. The fraction of sp³-hybridized carbons (Fsp3) is 1.00. The Morgan fingerprint density at radius 1 is 1.20 bits per heavy atom. The molecule has 2 aliphatic rings. The summed E-state index contributed by atoms with van der Waals surface area (Å²) in [5, 5.41) is 3.35.